The minimum Gasteiger partial charge on any atom is -0.489 e. The summed E-state index contributed by atoms with van der Waals surface area (Å²) < 4.78 is 16.7. The summed E-state index contributed by atoms with van der Waals surface area (Å²) >= 11 is 0. The van der Waals surface area contributed by atoms with E-state index in [2.05, 4.69) is 0 Å². The van der Waals surface area contributed by atoms with Crippen LogP contribution >= 0.6 is 0 Å². The molecule has 4 aromatic rings. The second-order valence-electron chi connectivity index (χ2n) is 8.32. The highest BCUT2D eigenvalue weighted by Gasteiger charge is 2.27. The lowest BCUT2D eigenvalue weighted by atomic mass is 10.1. The molecule has 4 rings (SSSR count). The smallest absolute Gasteiger partial charge is 0.339 e. The van der Waals surface area contributed by atoms with Gasteiger partial charge in [0.15, 0.2) is 0 Å². The molecule has 0 N–H and O–H groups in total. The standard InChI is InChI=1S/C28H25NO6/c1-18-15-25(30)34-24-16-22(13-14-23(18)24)33-17-19-9-11-21(12-10-19)28(32)35-26(27(31)29(2)3)20-7-5-4-6-8-20/h4-16,26H,17H2,1-3H3/t26-/m0/s1. The number of benzene rings is 3. The Hall–Kier alpha value is -4.39. The Kier molecular flexibility index (Phi) is 6.96. The van der Waals surface area contributed by atoms with Crippen LogP contribution in [0.25, 0.3) is 11.0 Å². The minimum absolute atomic E-state index is 0.253. The normalized spacial score (nSPS) is 11.6. The van der Waals surface area contributed by atoms with Crippen LogP contribution in [0.2, 0.25) is 0 Å². The topological polar surface area (TPSA) is 86.0 Å². The summed E-state index contributed by atoms with van der Waals surface area (Å²) in [5, 5.41) is 0.848. The Morgan fingerprint density at radius 1 is 0.943 bits per heavy atom. The molecule has 7 nitrogen and oxygen atoms in total. The van der Waals surface area contributed by atoms with E-state index in [0.29, 0.717) is 22.5 Å². The van der Waals surface area contributed by atoms with E-state index in [1.807, 2.05) is 25.1 Å². The van der Waals surface area contributed by atoms with Gasteiger partial charge in [0.25, 0.3) is 5.91 Å². The van der Waals surface area contributed by atoms with Crippen LogP contribution in [-0.4, -0.2) is 30.9 Å². The van der Waals surface area contributed by atoms with Gasteiger partial charge in [0, 0.05) is 37.2 Å². The Labute approximate surface area is 202 Å². The summed E-state index contributed by atoms with van der Waals surface area (Å²) in [5.74, 6) is -0.361. The van der Waals surface area contributed by atoms with E-state index < -0.39 is 17.7 Å². The number of hydrogen-bond donors (Lipinski definition) is 0. The van der Waals surface area contributed by atoms with Gasteiger partial charge < -0.3 is 18.8 Å². The highest BCUT2D eigenvalue weighted by atomic mass is 16.5. The van der Waals surface area contributed by atoms with Crippen molar-refractivity contribution in [1.29, 1.82) is 0 Å². The molecule has 1 atom stereocenters. The molecule has 0 bridgehead atoms. The zero-order valence-electron chi connectivity index (χ0n) is 19.7. The van der Waals surface area contributed by atoms with E-state index in [9.17, 15) is 14.4 Å². The number of ether oxygens (including phenoxy) is 2. The molecule has 0 aliphatic carbocycles. The van der Waals surface area contributed by atoms with E-state index in [4.69, 9.17) is 13.9 Å². The maximum absolute atomic E-state index is 12.8. The van der Waals surface area contributed by atoms with Gasteiger partial charge in [0.1, 0.15) is 17.9 Å². The number of aryl methyl sites for hydroxylation is 1. The first kappa shape index (κ1) is 23.8. The molecular weight excluding hydrogens is 446 g/mol. The lowest BCUT2D eigenvalue weighted by Gasteiger charge is -2.21. The van der Waals surface area contributed by atoms with Crippen LogP contribution in [0.15, 0.2) is 88.1 Å². The van der Waals surface area contributed by atoms with Crippen LogP contribution in [0.1, 0.15) is 33.2 Å². The summed E-state index contributed by atoms with van der Waals surface area (Å²) in [4.78, 5) is 38.4. The lowest BCUT2D eigenvalue weighted by Crippen LogP contribution is -2.31. The summed E-state index contributed by atoms with van der Waals surface area (Å²) in [6, 6.07) is 22.5. The Bertz CT molecular complexity index is 1410. The molecule has 178 valence electrons. The number of rotatable bonds is 7. The summed E-state index contributed by atoms with van der Waals surface area (Å²) in [5.41, 5.74) is 2.65. The molecule has 7 heteroatoms. The molecular formula is C28H25NO6. The number of esters is 1. The number of nitrogens with zero attached hydrogens (tertiary/aromatic N) is 1. The predicted octanol–water partition coefficient (Wildman–Crippen LogP) is 4.67. The largest absolute Gasteiger partial charge is 0.489 e. The van der Waals surface area contributed by atoms with Crippen LogP contribution in [-0.2, 0) is 16.1 Å². The number of fused-ring (bicyclic) bond motifs is 1. The van der Waals surface area contributed by atoms with E-state index in [0.717, 1.165) is 16.5 Å². The van der Waals surface area contributed by atoms with Gasteiger partial charge >= 0.3 is 11.6 Å². The minimum atomic E-state index is -1.03. The van der Waals surface area contributed by atoms with Gasteiger partial charge in [-0.05, 0) is 42.3 Å². The van der Waals surface area contributed by atoms with Crippen LogP contribution in [0.4, 0.5) is 0 Å². The highest BCUT2D eigenvalue weighted by Crippen LogP contribution is 2.24. The molecule has 0 saturated carbocycles. The maximum Gasteiger partial charge on any atom is 0.339 e. The third kappa shape index (κ3) is 5.58. The van der Waals surface area contributed by atoms with Crippen LogP contribution in [0.5, 0.6) is 5.75 Å². The molecule has 35 heavy (non-hydrogen) atoms. The number of carbonyl (C=O) groups is 2. The molecule has 0 aliphatic rings. The molecule has 0 fully saturated rings. The lowest BCUT2D eigenvalue weighted by molar-refractivity contribution is -0.138. The van der Waals surface area contributed by atoms with Crippen molar-refractivity contribution in [2.24, 2.45) is 0 Å². The van der Waals surface area contributed by atoms with Crippen molar-refractivity contribution >= 4 is 22.8 Å². The molecule has 1 heterocycles. The summed E-state index contributed by atoms with van der Waals surface area (Å²) in [7, 11) is 3.23. The van der Waals surface area contributed by atoms with Gasteiger partial charge in [-0.25, -0.2) is 9.59 Å². The van der Waals surface area contributed by atoms with Crippen molar-refractivity contribution in [2.45, 2.75) is 19.6 Å². The van der Waals surface area contributed by atoms with E-state index in [1.54, 1.807) is 68.7 Å². The molecule has 0 spiro atoms. The third-order valence-corrected chi connectivity index (χ3v) is 5.51. The van der Waals surface area contributed by atoms with E-state index >= 15 is 0 Å². The van der Waals surface area contributed by atoms with Gasteiger partial charge in [-0.2, -0.15) is 0 Å². The van der Waals surface area contributed by atoms with Gasteiger partial charge in [-0.1, -0.05) is 42.5 Å². The SMILES string of the molecule is Cc1cc(=O)oc2cc(OCc3ccc(C(=O)O[C@H](C(=O)N(C)C)c4ccccc4)cc3)ccc12. The average Bonchev–Trinajstić information content (AvgIpc) is 2.86. The van der Waals surface area contributed by atoms with Gasteiger partial charge in [0.05, 0.1) is 5.56 Å². The number of carbonyl (C=O) groups excluding carboxylic acids is 2. The van der Waals surface area contributed by atoms with E-state index in [1.165, 1.54) is 11.0 Å². The van der Waals surface area contributed by atoms with Crippen molar-refractivity contribution in [3.05, 3.63) is 112 Å². The average molecular weight is 472 g/mol. The predicted molar refractivity (Wildman–Crippen MR) is 131 cm³/mol. The number of amides is 1. The molecule has 1 aromatic heterocycles. The molecule has 3 aromatic carbocycles. The quantitative estimate of drug-likeness (QED) is 0.288. The fourth-order valence-electron chi connectivity index (χ4n) is 3.60. The first-order valence-corrected chi connectivity index (χ1v) is 11.0. The molecule has 1 amide bonds. The monoisotopic (exact) mass is 471 g/mol. The second kappa shape index (κ2) is 10.3. The first-order chi connectivity index (χ1) is 16.8. The van der Waals surface area contributed by atoms with Crippen molar-refractivity contribution < 1.29 is 23.5 Å². The van der Waals surface area contributed by atoms with Crippen LogP contribution in [0, 0.1) is 6.92 Å². The highest BCUT2D eigenvalue weighted by molar-refractivity contribution is 5.92. The molecule has 0 saturated heterocycles. The van der Waals surface area contributed by atoms with Gasteiger partial charge in [-0.15, -0.1) is 0 Å². The Morgan fingerprint density at radius 3 is 2.34 bits per heavy atom. The fraction of sp³-hybridized carbons (Fsp3) is 0.179. The third-order valence-electron chi connectivity index (χ3n) is 5.51. The van der Waals surface area contributed by atoms with Gasteiger partial charge in [0.2, 0.25) is 6.10 Å². The molecule has 0 unspecified atom stereocenters. The van der Waals surface area contributed by atoms with Crippen LogP contribution < -0.4 is 10.4 Å². The van der Waals surface area contributed by atoms with Crippen molar-refractivity contribution in [2.75, 3.05) is 14.1 Å². The zero-order chi connectivity index (χ0) is 24.9. The van der Waals surface area contributed by atoms with Crippen molar-refractivity contribution in [3.8, 4) is 5.75 Å². The summed E-state index contributed by atoms with van der Waals surface area (Å²) in [6.07, 6.45) is -1.03. The van der Waals surface area contributed by atoms with Crippen LogP contribution in [0.3, 0.4) is 0 Å². The van der Waals surface area contributed by atoms with Crippen molar-refractivity contribution in [1.82, 2.24) is 4.90 Å². The first-order valence-electron chi connectivity index (χ1n) is 11.0. The second-order valence-corrected chi connectivity index (χ2v) is 8.32. The van der Waals surface area contributed by atoms with E-state index in [-0.39, 0.29) is 12.5 Å². The summed E-state index contributed by atoms with van der Waals surface area (Å²) in [6.45, 7) is 2.10. The maximum atomic E-state index is 12.8. The molecule has 0 radical (unpaired) electrons. The number of hydrogen-bond acceptors (Lipinski definition) is 6. The Morgan fingerprint density at radius 2 is 1.66 bits per heavy atom. The van der Waals surface area contributed by atoms with Crippen molar-refractivity contribution in [3.63, 3.8) is 0 Å². The van der Waals surface area contributed by atoms with Gasteiger partial charge in [-0.3, -0.25) is 4.79 Å². The fourth-order valence-corrected chi connectivity index (χ4v) is 3.60. The zero-order valence-corrected chi connectivity index (χ0v) is 19.7. The molecule has 0 aliphatic heterocycles. The Balaban J connectivity index is 1.43. The number of likely N-dealkylation sites (N-methyl/N-ethyl adjacent to an activating group) is 1.